The number of hydrogen-bond acceptors (Lipinski definition) is 6. The lowest BCUT2D eigenvalue weighted by atomic mass is 9.96. The number of methoxy groups -OCH3 is 2. The van der Waals surface area contributed by atoms with Crippen LogP contribution in [0.25, 0.3) is 11.4 Å². The van der Waals surface area contributed by atoms with Crippen molar-refractivity contribution in [3.8, 4) is 5.75 Å². The van der Waals surface area contributed by atoms with Crippen LogP contribution in [0, 0.1) is 13.8 Å². The minimum atomic E-state index is -0.763. The summed E-state index contributed by atoms with van der Waals surface area (Å²) in [6.07, 6.45) is 1.85. The molecule has 0 saturated carbocycles. The highest BCUT2D eigenvalue weighted by Gasteiger charge is 2.46. The van der Waals surface area contributed by atoms with Crippen LogP contribution in [-0.4, -0.2) is 58.5 Å². The standard InChI is InChI=1S/C24H25N3O5/c1-14-6-5-11-26-15(2)19(25-23(14)26)21(28)18-20(16-7-9-17(32-4)10-8-16)27(12-13-31-3)24(30)22(18)29/h5-11,20,28H,12-13H2,1-4H3. The van der Waals surface area contributed by atoms with Gasteiger partial charge >= 0.3 is 0 Å². The quantitative estimate of drug-likeness (QED) is 0.363. The van der Waals surface area contributed by atoms with Crippen molar-refractivity contribution in [3.63, 3.8) is 0 Å². The van der Waals surface area contributed by atoms with Crippen molar-refractivity contribution >= 4 is 23.1 Å². The van der Waals surface area contributed by atoms with E-state index in [1.807, 2.05) is 36.6 Å². The first-order chi connectivity index (χ1) is 15.4. The SMILES string of the molecule is COCCN1C(=O)C(=O)C(=C(O)c2nc3c(C)cccn3c2C)C1c1ccc(OC)cc1. The van der Waals surface area contributed by atoms with E-state index in [9.17, 15) is 14.7 Å². The van der Waals surface area contributed by atoms with Crippen molar-refractivity contribution in [2.24, 2.45) is 0 Å². The number of amides is 1. The number of fused-ring (bicyclic) bond motifs is 1. The molecule has 1 N–H and O–H groups in total. The summed E-state index contributed by atoms with van der Waals surface area (Å²) in [7, 11) is 3.09. The van der Waals surface area contributed by atoms with Gasteiger partial charge in [-0.3, -0.25) is 9.59 Å². The average Bonchev–Trinajstić information content (AvgIpc) is 3.27. The number of carbonyl (C=O) groups excluding carboxylic acids is 2. The van der Waals surface area contributed by atoms with E-state index in [1.165, 1.54) is 12.0 Å². The Morgan fingerprint density at radius 1 is 1.12 bits per heavy atom. The molecular weight excluding hydrogens is 410 g/mol. The molecule has 0 spiro atoms. The summed E-state index contributed by atoms with van der Waals surface area (Å²) in [6.45, 7) is 4.20. The van der Waals surface area contributed by atoms with E-state index in [2.05, 4.69) is 4.98 Å². The third kappa shape index (κ3) is 3.42. The summed E-state index contributed by atoms with van der Waals surface area (Å²) < 4.78 is 12.2. The van der Waals surface area contributed by atoms with Gasteiger partial charge in [0.05, 0.1) is 31.0 Å². The van der Waals surface area contributed by atoms with Gasteiger partial charge < -0.3 is 23.9 Å². The van der Waals surface area contributed by atoms with Crippen LogP contribution in [0.1, 0.15) is 28.6 Å². The Bertz CT molecular complexity index is 1230. The summed E-state index contributed by atoms with van der Waals surface area (Å²) >= 11 is 0. The molecule has 1 saturated heterocycles. The van der Waals surface area contributed by atoms with Crippen LogP contribution in [0.2, 0.25) is 0 Å². The number of Topliss-reactive ketones (excluding diaryl/α,β-unsaturated/α-hetero) is 1. The summed E-state index contributed by atoms with van der Waals surface area (Å²) in [5.74, 6) is -1.06. The molecule has 0 aliphatic carbocycles. The van der Waals surface area contributed by atoms with Crippen molar-refractivity contribution in [1.29, 1.82) is 0 Å². The normalized spacial score (nSPS) is 18.0. The Morgan fingerprint density at radius 2 is 1.84 bits per heavy atom. The van der Waals surface area contributed by atoms with Gasteiger partial charge in [0, 0.05) is 19.9 Å². The maximum atomic E-state index is 13.1. The highest BCUT2D eigenvalue weighted by Crippen LogP contribution is 2.40. The van der Waals surface area contributed by atoms with E-state index in [1.54, 1.807) is 31.4 Å². The molecule has 8 nitrogen and oxygen atoms in total. The predicted molar refractivity (Wildman–Crippen MR) is 119 cm³/mol. The zero-order valence-electron chi connectivity index (χ0n) is 18.5. The number of likely N-dealkylation sites (tertiary alicyclic amines) is 1. The van der Waals surface area contributed by atoms with Gasteiger partial charge in [-0.1, -0.05) is 18.2 Å². The van der Waals surface area contributed by atoms with E-state index >= 15 is 0 Å². The lowest BCUT2D eigenvalue weighted by Crippen LogP contribution is -2.32. The number of pyridine rings is 1. The van der Waals surface area contributed by atoms with E-state index in [4.69, 9.17) is 9.47 Å². The van der Waals surface area contributed by atoms with Gasteiger partial charge in [0.15, 0.2) is 5.76 Å². The Kier molecular flexibility index (Phi) is 5.71. The fourth-order valence-electron chi connectivity index (χ4n) is 4.11. The van der Waals surface area contributed by atoms with Crippen LogP contribution in [0.15, 0.2) is 48.2 Å². The summed E-state index contributed by atoms with van der Waals surface area (Å²) in [5.41, 5.74) is 3.27. The maximum absolute atomic E-state index is 13.1. The van der Waals surface area contributed by atoms with Gasteiger partial charge in [0.2, 0.25) is 0 Å². The fraction of sp³-hybridized carbons (Fsp3) is 0.292. The fourth-order valence-corrected chi connectivity index (χ4v) is 4.11. The number of nitrogens with zero attached hydrogens (tertiary/aromatic N) is 3. The van der Waals surface area contributed by atoms with Crippen LogP contribution < -0.4 is 4.74 Å². The Morgan fingerprint density at radius 3 is 2.47 bits per heavy atom. The summed E-state index contributed by atoms with van der Waals surface area (Å²) in [4.78, 5) is 32.0. The first kappa shape index (κ1) is 21.6. The molecule has 1 aromatic carbocycles. The molecule has 8 heteroatoms. The molecule has 1 fully saturated rings. The molecule has 166 valence electrons. The number of rotatable bonds is 6. The highest BCUT2D eigenvalue weighted by atomic mass is 16.5. The van der Waals surface area contributed by atoms with Gasteiger partial charge in [-0.25, -0.2) is 4.98 Å². The number of hydrogen-bond donors (Lipinski definition) is 1. The van der Waals surface area contributed by atoms with E-state index in [-0.39, 0.29) is 30.2 Å². The lowest BCUT2D eigenvalue weighted by Gasteiger charge is -2.25. The van der Waals surface area contributed by atoms with Gasteiger partial charge in [0.1, 0.15) is 17.1 Å². The summed E-state index contributed by atoms with van der Waals surface area (Å²) in [5, 5.41) is 11.3. The number of aryl methyl sites for hydroxylation is 2. The lowest BCUT2D eigenvalue weighted by molar-refractivity contribution is -0.140. The molecule has 2 aromatic heterocycles. The summed E-state index contributed by atoms with van der Waals surface area (Å²) in [6, 6.07) is 10.1. The topological polar surface area (TPSA) is 93.4 Å². The highest BCUT2D eigenvalue weighted by molar-refractivity contribution is 6.46. The molecule has 0 bridgehead atoms. The Balaban J connectivity index is 1.91. The van der Waals surface area contributed by atoms with Gasteiger partial charge in [0.25, 0.3) is 11.7 Å². The molecule has 1 amide bonds. The van der Waals surface area contributed by atoms with Crippen LogP contribution in [-0.2, 0) is 14.3 Å². The molecule has 1 unspecified atom stereocenters. The minimum Gasteiger partial charge on any atom is -0.505 e. The molecule has 1 aliphatic rings. The van der Waals surface area contributed by atoms with Crippen molar-refractivity contribution in [2.75, 3.05) is 27.4 Å². The number of ketones is 1. The minimum absolute atomic E-state index is 0.0143. The van der Waals surface area contributed by atoms with Gasteiger partial charge in [-0.05, 0) is 43.2 Å². The van der Waals surface area contributed by atoms with Crippen molar-refractivity contribution in [3.05, 3.63) is 70.7 Å². The van der Waals surface area contributed by atoms with Crippen molar-refractivity contribution in [2.45, 2.75) is 19.9 Å². The van der Waals surface area contributed by atoms with E-state index in [0.717, 1.165) is 5.56 Å². The zero-order chi connectivity index (χ0) is 23.0. The number of carbonyl (C=O) groups is 2. The van der Waals surface area contributed by atoms with Gasteiger partial charge in [-0.15, -0.1) is 0 Å². The second kappa shape index (κ2) is 8.47. The van der Waals surface area contributed by atoms with Gasteiger partial charge in [-0.2, -0.15) is 0 Å². The smallest absolute Gasteiger partial charge is 0.295 e. The molecule has 1 atom stereocenters. The van der Waals surface area contributed by atoms with Crippen LogP contribution in [0.3, 0.4) is 0 Å². The van der Waals surface area contributed by atoms with Crippen LogP contribution in [0.5, 0.6) is 5.75 Å². The number of aromatic nitrogens is 2. The molecule has 3 aromatic rings. The largest absolute Gasteiger partial charge is 0.505 e. The second-order valence-electron chi connectivity index (χ2n) is 7.69. The first-order valence-corrected chi connectivity index (χ1v) is 10.2. The zero-order valence-corrected chi connectivity index (χ0v) is 18.5. The maximum Gasteiger partial charge on any atom is 0.295 e. The number of aliphatic hydroxyl groups is 1. The Labute approximate surface area is 185 Å². The molecule has 4 rings (SSSR count). The molecule has 3 heterocycles. The average molecular weight is 435 g/mol. The van der Waals surface area contributed by atoms with E-state index < -0.39 is 17.7 Å². The number of aliphatic hydroxyl groups excluding tert-OH is 1. The Hall–Kier alpha value is -3.65. The molecule has 32 heavy (non-hydrogen) atoms. The molecule has 0 radical (unpaired) electrons. The van der Waals surface area contributed by atoms with Crippen LogP contribution >= 0.6 is 0 Å². The number of benzene rings is 1. The third-order valence-electron chi connectivity index (χ3n) is 5.82. The van der Waals surface area contributed by atoms with Crippen molar-refractivity contribution in [1.82, 2.24) is 14.3 Å². The monoisotopic (exact) mass is 435 g/mol. The third-order valence-corrected chi connectivity index (χ3v) is 5.82. The second-order valence-corrected chi connectivity index (χ2v) is 7.69. The molecular formula is C24H25N3O5. The number of ether oxygens (including phenoxy) is 2. The van der Waals surface area contributed by atoms with Crippen molar-refractivity contribution < 1.29 is 24.2 Å². The van der Waals surface area contributed by atoms with E-state index in [0.29, 0.717) is 22.7 Å². The van der Waals surface area contributed by atoms with Crippen LogP contribution in [0.4, 0.5) is 0 Å². The predicted octanol–water partition coefficient (Wildman–Crippen LogP) is 3.03. The molecule has 1 aliphatic heterocycles. The number of imidazole rings is 1. The first-order valence-electron chi connectivity index (χ1n) is 10.2.